The Morgan fingerprint density at radius 3 is 2.81 bits per heavy atom. The van der Waals surface area contributed by atoms with Crippen molar-refractivity contribution in [2.75, 3.05) is 31.1 Å². The van der Waals surface area contributed by atoms with Gasteiger partial charge in [-0.05, 0) is 81.3 Å². The van der Waals surface area contributed by atoms with Crippen molar-refractivity contribution >= 4 is 11.6 Å². The van der Waals surface area contributed by atoms with Gasteiger partial charge in [-0.3, -0.25) is 4.79 Å². The van der Waals surface area contributed by atoms with E-state index < -0.39 is 0 Å². The minimum absolute atomic E-state index is 0.299. The van der Waals surface area contributed by atoms with E-state index in [1.54, 1.807) is 0 Å². The maximum atomic E-state index is 12.6. The summed E-state index contributed by atoms with van der Waals surface area (Å²) in [6, 6.07) is 7.55. The molecule has 26 heavy (non-hydrogen) atoms. The van der Waals surface area contributed by atoms with Gasteiger partial charge in [0.15, 0.2) is 0 Å². The molecule has 1 saturated heterocycles. The van der Waals surface area contributed by atoms with Crippen molar-refractivity contribution in [3.8, 4) is 0 Å². The average molecular weight is 354 g/mol. The largest absolute Gasteiger partial charge is 0.317 e. The van der Waals surface area contributed by atoms with Gasteiger partial charge in [0.05, 0.1) is 0 Å². The van der Waals surface area contributed by atoms with Crippen LogP contribution in [0.3, 0.4) is 0 Å². The highest BCUT2D eigenvalue weighted by Gasteiger charge is 2.39. The number of anilines is 1. The minimum Gasteiger partial charge on any atom is -0.317 e. The van der Waals surface area contributed by atoms with Gasteiger partial charge < -0.3 is 15.5 Å². The van der Waals surface area contributed by atoms with Crippen LogP contribution in [0.25, 0.3) is 0 Å². The zero-order chi connectivity index (χ0) is 17.5. The van der Waals surface area contributed by atoms with E-state index in [0.29, 0.717) is 23.8 Å². The van der Waals surface area contributed by atoms with Crippen LogP contribution in [0.5, 0.6) is 0 Å². The molecule has 0 bridgehead atoms. The summed E-state index contributed by atoms with van der Waals surface area (Å²) in [7, 11) is 0. The lowest BCUT2D eigenvalue weighted by Crippen LogP contribution is -2.37. The molecule has 0 radical (unpaired) electrons. The number of nitrogens with zero attached hydrogens (tertiary/aromatic N) is 1. The molecule has 2 aliphatic carbocycles. The maximum absolute atomic E-state index is 12.6. The van der Waals surface area contributed by atoms with Gasteiger partial charge in [-0.25, -0.2) is 0 Å². The molecule has 2 saturated carbocycles. The van der Waals surface area contributed by atoms with Crippen LogP contribution in [0.1, 0.15) is 55.6 Å². The summed E-state index contributed by atoms with van der Waals surface area (Å²) < 4.78 is 0. The standard InChI is InChI=1S/C22H31N3O/c26-22(16-2-1-3-16)25-11-8-18-12-17(4-5-21(18)25)19-13-20(19)24-14-15-6-9-23-10-7-15/h4-5,12,15-16,19-20,23-24H,1-3,6-11,13-14H2. The molecule has 0 aromatic heterocycles. The van der Waals surface area contributed by atoms with Crippen LogP contribution in [-0.2, 0) is 11.2 Å². The van der Waals surface area contributed by atoms with Gasteiger partial charge >= 0.3 is 0 Å². The third-order valence-corrected chi connectivity index (χ3v) is 7.07. The molecule has 1 aromatic carbocycles. The van der Waals surface area contributed by atoms with Crippen molar-refractivity contribution in [1.82, 2.24) is 10.6 Å². The van der Waals surface area contributed by atoms with Gasteiger partial charge in [0, 0.05) is 30.1 Å². The van der Waals surface area contributed by atoms with Crippen molar-refractivity contribution in [2.45, 2.75) is 56.9 Å². The molecule has 5 rings (SSSR count). The number of rotatable bonds is 5. The van der Waals surface area contributed by atoms with E-state index in [9.17, 15) is 4.79 Å². The Labute approximate surface area is 156 Å². The van der Waals surface area contributed by atoms with Crippen LogP contribution in [0.4, 0.5) is 5.69 Å². The summed E-state index contributed by atoms with van der Waals surface area (Å²) in [4.78, 5) is 14.7. The molecule has 2 atom stereocenters. The minimum atomic E-state index is 0.299. The summed E-state index contributed by atoms with van der Waals surface area (Å²) in [5.74, 6) is 2.20. The molecule has 2 heterocycles. The highest BCUT2D eigenvalue weighted by atomic mass is 16.2. The predicted molar refractivity (Wildman–Crippen MR) is 105 cm³/mol. The summed E-state index contributed by atoms with van der Waals surface area (Å²) >= 11 is 0. The molecule has 4 nitrogen and oxygen atoms in total. The third-order valence-electron chi connectivity index (χ3n) is 7.07. The van der Waals surface area contributed by atoms with E-state index in [4.69, 9.17) is 0 Å². The zero-order valence-corrected chi connectivity index (χ0v) is 15.7. The van der Waals surface area contributed by atoms with Crippen molar-refractivity contribution in [3.05, 3.63) is 29.3 Å². The average Bonchev–Trinajstić information content (AvgIpc) is 3.28. The summed E-state index contributed by atoms with van der Waals surface area (Å²) in [6.07, 6.45) is 8.34. The molecule has 2 aliphatic heterocycles. The quantitative estimate of drug-likeness (QED) is 0.856. The Bertz CT molecular complexity index is 678. The van der Waals surface area contributed by atoms with Gasteiger partial charge in [-0.15, -0.1) is 0 Å². The molecule has 0 spiro atoms. The van der Waals surface area contributed by atoms with Crippen molar-refractivity contribution in [1.29, 1.82) is 0 Å². The number of benzene rings is 1. The fourth-order valence-electron chi connectivity index (χ4n) is 4.95. The molecule has 4 heteroatoms. The first-order valence-corrected chi connectivity index (χ1v) is 10.7. The number of hydrogen-bond donors (Lipinski definition) is 2. The second-order valence-corrected chi connectivity index (χ2v) is 8.81. The van der Waals surface area contributed by atoms with Crippen LogP contribution in [0, 0.1) is 11.8 Å². The Kier molecular flexibility index (Phi) is 4.49. The Hall–Kier alpha value is -1.39. The molecular formula is C22H31N3O. The number of fused-ring (bicyclic) bond motifs is 1. The van der Waals surface area contributed by atoms with E-state index >= 15 is 0 Å². The molecule has 4 aliphatic rings. The van der Waals surface area contributed by atoms with E-state index in [2.05, 4.69) is 33.7 Å². The van der Waals surface area contributed by atoms with Crippen molar-refractivity contribution in [3.63, 3.8) is 0 Å². The molecule has 3 fully saturated rings. The van der Waals surface area contributed by atoms with Gasteiger partial charge in [-0.1, -0.05) is 18.6 Å². The van der Waals surface area contributed by atoms with Gasteiger partial charge in [-0.2, -0.15) is 0 Å². The molecule has 2 N–H and O–H groups in total. The summed E-state index contributed by atoms with van der Waals surface area (Å²) in [5, 5.41) is 7.25. The predicted octanol–water partition coefficient (Wildman–Crippen LogP) is 2.82. The lowest BCUT2D eigenvalue weighted by atomic mass is 9.84. The monoisotopic (exact) mass is 353 g/mol. The highest BCUT2D eigenvalue weighted by molar-refractivity contribution is 5.97. The summed E-state index contributed by atoms with van der Waals surface area (Å²) in [5.41, 5.74) is 4.05. The summed E-state index contributed by atoms with van der Waals surface area (Å²) in [6.45, 7) is 4.43. The van der Waals surface area contributed by atoms with Crippen LogP contribution >= 0.6 is 0 Å². The first-order chi connectivity index (χ1) is 12.8. The molecule has 140 valence electrons. The second kappa shape index (κ2) is 6.97. The van der Waals surface area contributed by atoms with E-state index in [1.165, 1.54) is 62.1 Å². The number of amides is 1. The number of nitrogens with one attached hydrogen (secondary N) is 2. The Balaban J connectivity index is 1.19. The van der Waals surface area contributed by atoms with E-state index in [1.807, 2.05) is 0 Å². The fraction of sp³-hybridized carbons (Fsp3) is 0.682. The molecule has 2 unspecified atom stereocenters. The van der Waals surface area contributed by atoms with Crippen LogP contribution in [0.2, 0.25) is 0 Å². The smallest absolute Gasteiger partial charge is 0.230 e. The van der Waals surface area contributed by atoms with Crippen molar-refractivity contribution < 1.29 is 4.79 Å². The van der Waals surface area contributed by atoms with E-state index in [0.717, 1.165) is 31.7 Å². The number of carbonyl (C=O) groups is 1. The highest BCUT2D eigenvalue weighted by Crippen LogP contribution is 2.43. The Morgan fingerprint density at radius 1 is 1.19 bits per heavy atom. The Morgan fingerprint density at radius 2 is 2.04 bits per heavy atom. The maximum Gasteiger partial charge on any atom is 0.230 e. The van der Waals surface area contributed by atoms with Crippen LogP contribution in [-0.4, -0.2) is 38.1 Å². The van der Waals surface area contributed by atoms with Crippen LogP contribution in [0.15, 0.2) is 18.2 Å². The molecule has 1 amide bonds. The fourth-order valence-corrected chi connectivity index (χ4v) is 4.95. The first-order valence-electron chi connectivity index (χ1n) is 10.7. The zero-order valence-electron chi connectivity index (χ0n) is 15.7. The van der Waals surface area contributed by atoms with Gasteiger partial charge in [0.2, 0.25) is 5.91 Å². The number of carbonyl (C=O) groups excluding carboxylic acids is 1. The third kappa shape index (κ3) is 3.18. The number of piperidine rings is 1. The normalized spacial score (nSPS) is 28.7. The molecular weight excluding hydrogens is 322 g/mol. The van der Waals surface area contributed by atoms with Crippen molar-refractivity contribution in [2.24, 2.45) is 11.8 Å². The van der Waals surface area contributed by atoms with Gasteiger partial charge in [0.1, 0.15) is 0 Å². The topological polar surface area (TPSA) is 44.4 Å². The lowest BCUT2D eigenvalue weighted by Gasteiger charge is -2.29. The lowest BCUT2D eigenvalue weighted by molar-refractivity contribution is -0.124. The van der Waals surface area contributed by atoms with E-state index in [-0.39, 0.29) is 0 Å². The first kappa shape index (κ1) is 16.8. The second-order valence-electron chi connectivity index (χ2n) is 8.81. The SMILES string of the molecule is O=C(C1CCC1)N1CCc2cc(C3CC3NCC3CCNCC3)ccc21. The molecule has 1 aromatic rings. The van der Waals surface area contributed by atoms with Crippen LogP contribution < -0.4 is 15.5 Å². The van der Waals surface area contributed by atoms with Gasteiger partial charge in [0.25, 0.3) is 0 Å². The number of hydrogen-bond acceptors (Lipinski definition) is 3.